The van der Waals surface area contributed by atoms with Gasteiger partial charge in [-0.15, -0.1) is 0 Å². The van der Waals surface area contributed by atoms with E-state index in [0.717, 1.165) is 47.3 Å². The molecule has 0 saturated carbocycles. The van der Waals surface area contributed by atoms with Crippen molar-refractivity contribution in [3.8, 4) is 16.9 Å². The number of aryl methyl sites for hydroxylation is 1. The Balaban J connectivity index is 2.05. The quantitative estimate of drug-likeness (QED) is 0.815. The molecule has 2 aromatic rings. The van der Waals surface area contributed by atoms with Gasteiger partial charge in [0.15, 0.2) is 5.15 Å². The molecule has 8 heteroatoms. The Kier molecular flexibility index (Phi) is 4.67. The van der Waals surface area contributed by atoms with Crippen LogP contribution in [0.25, 0.3) is 11.1 Å². The molecule has 0 saturated heterocycles. The average molecular weight is 368 g/mol. The number of anilines is 1. The lowest BCUT2D eigenvalue weighted by Crippen LogP contribution is -2.16. The smallest absolute Gasteiger partial charge is 0.229 e. The molecule has 0 spiro atoms. The van der Waals surface area contributed by atoms with Crippen LogP contribution < -0.4 is 14.8 Å². The molecule has 0 unspecified atom stereocenters. The molecule has 1 aromatic heterocycles. The van der Waals surface area contributed by atoms with Crippen LogP contribution in [0.2, 0.25) is 5.15 Å². The fraction of sp³-hybridized carbons (Fsp3) is 0.312. The zero-order valence-corrected chi connectivity index (χ0v) is 15.0. The van der Waals surface area contributed by atoms with Crippen molar-refractivity contribution in [2.75, 3.05) is 24.1 Å². The number of hydrogen-bond acceptors (Lipinski definition) is 5. The molecule has 0 aliphatic carbocycles. The Bertz CT molecular complexity index is 884. The molecule has 128 valence electrons. The largest absolute Gasteiger partial charge is 0.492 e. The van der Waals surface area contributed by atoms with E-state index in [1.165, 1.54) is 0 Å². The second kappa shape index (κ2) is 6.58. The van der Waals surface area contributed by atoms with Crippen LogP contribution in [0.5, 0.6) is 5.75 Å². The Morgan fingerprint density at radius 3 is 2.83 bits per heavy atom. The summed E-state index contributed by atoms with van der Waals surface area (Å²) in [5.74, 6) is 0.903. The van der Waals surface area contributed by atoms with Gasteiger partial charge in [-0.3, -0.25) is 4.72 Å². The molecule has 3 rings (SSSR count). The molecule has 6 nitrogen and oxygen atoms in total. The summed E-state index contributed by atoms with van der Waals surface area (Å²) >= 11 is 5.99. The normalized spacial score (nSPS) is 14.5. The summed E-state index contributed by atoms with van der Waals surface area (Å²) in [5, 5.41) is 3.42. The molecule has 24 heavy (non-hydrogen) atoms. The first-order valence-corrected chi connectivity index (χ1v) is 9.71. The van der Waals surface area contributed by atoms with Crippen LogP contribution in [-0.4, -0.2) is 32.8 Å². The van der Waals surface area contributed by atoms with Crippen molar-refractivity contribution >= 4 is 27.3 Å². The van der Waals surface area contributed by atoms with E-state index in [4.69, 9.17) is 16.3 Å². The number of aromatic nitrogens is 1. The first-order valence-electron chi connectivity index (χ1n) is 7.44. The van der Waals surface area contributed by atoms with Gasteiger partial charge in [-0.05, 0) is 36.2 Å². The molecule has 0 atom stereocenters. The number of halogens is 1. The molecule has 0 radical (unpaired) electrons. The third kappa shape index (κ3) is 3.80. The fourth-order valence-electron chi connectivity index (χ4n) is 2.68. The van der Waals surface area contributed by atoms with E-state index < -0.39 is 10.0 Å². The number of benzene rings is 1. The monoisotopic (exact) mass is 367 g/mol. The van der Waals surface area contributed by atoms with Gasteiger partial charge in [-0.1, -0.05) is 11.6 Å². The molecule has 1 aromatic carbocycles. The highest BCUT2D eigenvalue weighted by molar-refractivity contribution is 7.92. The van der Waals surface area contributed by atoms with Gasteiger partial charge >= 0.3 is 0 Å². The van der Waals surface area contributed by atoms with Crippen molar-refractivity contribution < 1.29 is 13.2 Å². The van der Waals surface area contributed by atoms with Crippen molar-refractivity contribution in [1.82, 2.24) is 10.3 Å². The van der Waals surface area contributed by atoms with Gasteiger partial charge in [0.2, 0.25) is 10.0 Å². The Labute approximate surface area is 146 Å². The number of sulfonamides is 1. The predicted octanol–water partition coefficient (Wildman–Crippen LogP) is 2.56. The first-order chi connectivity index (χ1) is 11.3. The minimum absolute atomic E-state index is 0.112. The number of nitrogens with zero attached hydrogens (tertiary/aromatic N) is 1. The Morgan fingerprint density at radius 1 is 1.29 bits per heavy atom. The minimum atomic E-state index is -3.43. The third-order valence-electron chi connectivity index (χ3n) is 3.66. The van der Waals surface area contributed by atoms with Crippen LogP contribution >= 0.6 is 11.6 Å². The third-order valence-corrected chi connectivity index (χ3v) is 4.55. The van der Waals surface area contributed by atoms with Crippen molar-refractivity contribution in [2.45, 2.75) is 13.5 Å². The van der Waals surface area contributed by atoms with Crippen molar-refractivity contribution in [3.63, 3.8) is 0 Å². The summed E-state index contributed by atoms with van der Waals surface area (Å²) in [6.45, 7) is 4.15. The van der Waals surface area contributed by atoms with Crippen LogP contribution in [0, 0.1) is 6.92 Å². The van der Waals surface area contributed by atoms with Crippen molar-refractivity contribution in [3.05, 3.63) is 40.7 Å². The zero-order valence-electron chi connectivity index (χ0n) is 13.4. The maximum atomic E-state index is 11.5. The molecule has 0 fully saturated rings. The van der Waals surface area contributed by atoms with Crippen LogP contribution in [0.15, 0.2) is 24.4 Å². The lowest BCUT2D eigenvalue weighted by Gasteiger charge is -2.14. The maximum absolute atomic E-state index is 11.5. The van der Waals surface area contributed by atoms with Gasteiger partial charge in [0.25, 0.3) is 0 Å². The highest BCUT2D eigenvalue weighted by Crippen LogP contribution is 2.33. The van der Waals surface area contributed by atoms with Crippen molar-refractivity contribution in [2.24, 2.45) is 0 Å². The molecule has 1 aliphatic heterocycles. The summed E-state index contributed by atoms with van der Waals surface area (Å²) in [6, 6.07) is 5.71. The molecular weight excluding hydrogens is 350 g/mol. The lowest BCUT2D eigenvalue weighted by atomic mass is 10.00. The van der Waals surface area contributed by atoms with Gasteiger partial charge < -0.3 is 10.1 Å². The minimum Gasteiger partial charge on any atom is -0.492 e. The van der Waals surface area contributed by atoms with E-state index in [1.54, 1.807) is 12.3 Å². The van der Waals surface area contributed by atoms with E-state index in [-0.39, 0.29) is 10.8 Å². The maximum Gasteiger partial charge on any atom is 0.229 e. The number of nitrogens with one attached hydrogen (secondary N) is 2. The van der Waals surface area contributed by atoms with Gasteiger partial charge in [-0.2, -0.15) is 0 Å². The standard InChI is InChI=1S/C16H18ClN3O3S/c1-10-5-11(6-13-8-18-3-4-23-15(10)13)12-7-14(16(17)19-9-12)20-24(2,21)22/h5-7,9,18,20H,3-4,8H2,1-2H3. The number of hydrogen-bond donors (Lipinski definition) is 2. The van der Waals surface area contributed by atoms with Crippen LogP contribution in [-0.2, 0) is 16.6 Å². The Morgan fingerprint density at radius 2 is 2.08 bits per heavy atom. The zero-order chi connectivity index (χ0) is 17.3. The van der Waals surface area contributed by atoms with Crippen LogP contribution in [0.3, 0.4) is 0 Å². The van der Waals surface area contributed by atoms with E-state index in [1.807, 2.05) is 19.1 Å². The van der Waals surface area contributed by atoms with Gasteiger partial charge in [-0.25, -0.2) is 13.4 Å². The number of rotatable bonds is 3. The molecule has 0 bridgehead atoms. The summed E-state index contributed by atoms with van der Waals surface area (Å²) in [6.07, 6.45) is 2.70. The summed E-state index contributed by atoms with van der Waals surface area (Å²) < 4.78 is 31.1. The fourth-order valence-corrected chi connectivity index (χ4v) is 3.44. The van der Waals surface area contributed by atoms with Crippen LogP contribution in [0.4, 0.5) is 5.69 Å². The van der Waals surface area contributed by atoms with Crippen molar-refractivity contribution in [1.29, 1.82) is 0 Å². The molecule has 0 amide bonds. The van der Waals surface area contributed by atoms with Gasteiger partial charge in [0, 0.05) is 30.4 Å². The highest BCUT2D eigenvalue weighted by Gasteiger charge is 2.15. The SMILES string of the molecule is Cc1cc(-c2cnc(Cl)c(NS(C)(=O)=O)c2)cc2c1OCCNC2. The predicted molar refractivity (Wildman–Crippen MR) is 95.1 cm³/mol. The van der Waals surface area contributed by atoms with Gasteiger partial charge in [0.05, 0.1) is 11.9 Å². The van der Waals surface area contributed by atoms with E-state index in [2.05, 4.69) is 15.0 Å². The molecular formula is C16H18ClN3O3S. The Hall–Kier alpha value is -1.83. The van der Waals surface area contributed by atoms with Gasteiger partial charge in [0.1, 0.15) is 12.4 Å². The van der Waals surface area contributed by atoms with Crippen LogP contribution in [0.1, 0.15) is 11.1 Å². The number of ether oxygens (including phenoxy) is 1. The average Bonchev–Trinajstić information content (AvgIpc) is 2.74. The molecule has 2 N–H and O–H groups in total. The van der Waals surface area contributed by atoms with E-state index >= 15 is 0 Å². The second-order valence-electron chi connectivity index (χ2n) is 5.74. The van der Waals surface area contributed by atoms with E-state index in [0.29, 0.717) is 6.61 Å². The molecule has 2 heterocycles. The lowest BCUT2D eigenvalue weighted by molar-refractivity contribution is 0.323. The van der Waals surface area contributed by atoms with E-state index in [9.17, 15) is 8.42 Å². The number of fused-ring (bicyclic) bond motifs is 1. The second-order valence-corrected chi connectivity index (χ2v) is 7.85. The summed E-state index contributed by atoms with van der Waals surface area (Å²) in [5.41, 5.74) is 4.06. The summed E-state index contributed by atoms with van der Waals surface area (Å²) in [7, 11) is -3.43. The number of pyridine rings is 1. The topological polar surface area (TPSA) is 80.3 Å². The first kappa shape index (κ1) is 17.0. The summed E-state index contributed by atoms with van der Waals surface area (Å²) in [4.78, 5) is 4.09. The highest BCUT2D eigenvalue weighted by atomic mass is 35.5. The molecule has 1 aliphatic rings.